The van der Waals surface area contributed by atoms with Gasteiger partial charge in [-0.3, -0.25) is 9.59 Å². The lowest BCUT2D eigenvalue weighted by Crippen LogP contribution is -2.48. The van der Waals surface area contributed by atoms with E-state index < -0.39 is 0 Å². The van der Waals surface area contributed by atoms with Gasteiger partial charge in [-0.25, -0.2) is 4.39 Å². The molecule has 144 valence electrons. The van der Waals surface area contributed by atoms with Gasteiger partial charge in [0.05, 0.1) is 5.02 Å². The number of benzene rings is 2. The minimum Gasteiger partial charge on any atom is -0.368 e. The molecule has 7 heteroatoms. The number of Topliss-reactive ketones (excluding diaryl/α,β-unsaturated/α-hetero) is 1. The van der Waals surface area contributed by atoms with Crippen molar-refractivity contribution in [2.45, 2.75) is 6.92 Å². The Labute approximate surface area is 171 Å². The highest BCUT2D eigenvalue weighted by molar-refractivity contribution is 7.21. The van der Waals surface area contributed by atoms with Crippen LogP contribution in [-0.4, -0.2) is 42.8 Å². The predicted molar refractivity (Wildman–Crippen MR) is 111 cm³/mol. The first-order valence-electron chi connectivity index (χ1n) is 8.97. The second kappa shape index (κ2) is 7.53. The number of thiophene rings is 1. The minimum absolute atomic E-state index is 0.0436. The number of halogens is 2. The predicted octanol–water partition coefficient (Wildman–Crippen LogP) is 4.86. The molecule has 0 unspecified atom stereocenters. The van der Waals surface area contributed by atoms with Crippen LogP contribution in [-0.2, 0) is 0 Å². The van der Waals surface area contributed by atoms with Crippen molar-refractivity contribution in [1.82, 2.24) is 4.90 Å². The van der Waals surface area contributed by atoms with Gasteiger partial charge in [-0.15, -0.1) is 11.3 Å². The maximum absolute atomic E-state index is 13.5. The van der Waals surface area contributed by atoms with Gasteiger partial charge in [-0.05, 0) is 49.4 Å². The van der Waals surface area contributed by atoms with Crippen molar-refractivity contribution >= 4 is 50.4 Å². The minimum atomic E-state index is -0.339. The Balaban J connectivity index is 1.47. The summed E-state index contributed by atoms with van der Waals surface area (Å²) in [7, 11) is 0. The molecule has 4 rings (SSSR count). The van der Waals surface area contributed by atoms with Gasteiger partial charge < -0.3 is 9.80 Å². The molecule has 0 atom stereocenters. The van der Waals surface area contributed by atoms with Gasteiger partial charge in [-0.2, -0.15) is 0 Å². The van der Waals surface area contributed by atoms with E-state index in [1.807, 2.05) is 24.3 Å². The van der Waals surface area contributed by atoms with Crippen LogP contribution in [0.1, 0.15) is 27.0 Å². The lowest BCUT2D eigenvalue weighted by Gasteiger charge is -2.36. The zero-order valence-electron chi connectivity index (χ0n) is 15.2. The summed E-state index contributed by atoms with van der Waals surface area (Å²) in [6.45, 7) is 4.09. The summed E-state index contributed by atoms with van der Waals surface area (Å²) in [6, 6.07) is 11.9. The molecule has 1 amide bonds. The average molecular weight is 417 g/mol. The number of piperazine rings is 1. The number of carbonyl (C=O) groups excluding carboxylic acids is 2. The SMILES string of the molecule is CC(=O)c1ccc(N2CCN(C(=O)c3sc4cc(F)ccc4c3Cl)CC2)cc1. The standard InChI is InChI=1S/C21H18ClFN2O2S/c1-13(26)14-2-5-16(6-3-14)24-8-10-25(11-9-24)21(27)20-19(22)17-7-4-15(23)12-18(17)28-20/h2-7,12H,8-11H2,1H3. The summed E-state index contributed by atoms with van der Waals surface area (Å²) in [5, 5.41) is 1.10. The van der Waals surface area contributed by atoms with Crippen LogP contribution in [0, 0.1) is 5.82 Å². The number of hydrogen-bond donors (Lipinski definition) is 0. The van der Waals surface area contributed by atoms with Crippen molar-refractivity contribution in [1.29, 1.82) is 0 Å². The van der Waals surface area contributed by atoms with E-state index in [1.54, 1.807) is 17.9 Å². The fourth-order valence-electron chi connectivity index (χ4n) is 3.39. The monoisotopic (exact) mass is 416 g/mol. The number of fused-ring (bicyclic) bond motifs is 1. The lowest BCUT2D eigenvalue weighted by molar-refractivity contribution is 0.0751. The highest BCUT2D eigenvalue weighted by Gasteiger charge is 2.26. The normalized spacial score (nSPS) is 14.5. The molecule has 1 aliphatic heterocycles. The van der Waals surface area contributed by atoms with Crippen LogP contribution in [0.25, 0.3) is 10.1 Å². The van der Waals surface area contributed by atoms with Crippen LogP contribution in [0.3, 0.4) is 0 Å². The fraction of sp³-hybridized carbons (Fsp3) is 0.238. The quantitative estimate of drug-likeness (QED) is 0.572. The number of rotatable bonds is 3. The average Bonchev–Trinajstić information content (AvgIpc) is 3.03. The van der Waals surface area contributed by atoms with Gasteiger partial charge >= 0.3 is 0 Å². The second-order valence-corrected chi connectivity index (χ2v) is 8.20. The number of ketones is 1. The fourth-order valence-corrected chi connectivity index (χ4v) is 4.90. The maximum Gasteiger partial charge on any atom is 0.265 e. The first kappa shape index (κ1) is 18.9. The third kappa shape index (κ3) is 3.50. The Hall–Kier alpha value is -2.44. The Morgan fingerprint density at radius 2 is 1.71 bits per heavy atom. The molecule has 4 nitrogen and oxygen atoms in total. The number of carbonyl (C=O) groups is 2. The van der Waals surface area contributed by atoms with Crippen LogP contribution in [0.2, 0.25) is 5.02 Å². The molecule has 1 aromatic heterocycles. The third-order valence-electron chi connectivity index (χ3n) is 4.99. The Morgan fingerprint density at radius 3 is 2.36 bits per heavy atom. The molecular weight excluding hydrogens is 399 g/mol. The van der Waals surface area contributed by atoms with Gasteiger partial charge in [0, 0.05) is 47.5 Å². The van der Waals surface area contributed by atoms with Crippen molar-refractivity contribution in [3.8, 4) is 0 Å². The first-order chi connectivity index (χ1) is 13.4. The number of amides is 1. The van der Waals surface area contributed by atoms with Gasteiger partial charge in [0.15, 0.2) is 5.78 Å². The molecule has 3 aromatic rings. The highest BCUT2D eigenvalue weighted by atomic mass is 35.5. The summed E-state index contributed by atoms with van der Waals surface area (Å²) in [6.07, 6.45) is 0. The lowest BCUT2D eigenvalue weighted by atomic mass is 10.1. The molecule has 0 radical (unpaired) electrons. The van der Waals surface area contributed by atoms with Crippen molar-refractivity contribution in [2.24, 2.45) is 0 Å². The highest BCUT2D eigenvalue weighted by Crippen LogP contribution is 2.36. The molecule has 28 heavy (non-hydrogen) atoms. The Morgan fingerprint density at radius 1 is 1.04 bits per heavy atom. The first-order valence-corrected chi connectivity index (χ1v) is 10.2. The summed E-state index contributed by atoms with van der Waals surface area (Å²) in [5.74, 6) is -0.408. The van der Waals surface area contributed by atoms with E-state index >= 15 is 0 Å². The van der Waals surface area contributed by atoms with Crippen molar-refractivity contribution in [2.75, 3.05) is 31.1 Å². The van der Waals surface area contributed by atoms with E-state index in [9.17, 15) is 14.0 Å². The maximum atomic E-state index is 13.5. The molecule has 1 aliphatic rings. The van der Waals surface area contributed by atoms with Crippen LogP contribution < -0.4 is 4.90 Å². The Bertz CT molecular complexity index is 1060. The van der Waals surface area contributed by atoms with Gasteiger partial charge in [0.2, 0.25) is 0 Å². The van der Waals surface area contributed by atoms with Gasteiger partial charge in [-0.1, -0.05) is 11.6 Å². The largest absolute Gasteiger partial charge is 0.368 e. The smallest absolute Gasteiger partial charge is 0.265 e. The van der Waals surface area contributed by atoms with E-state index in [4.69, 9.17) is 11.6 Å². The molecular formula is C21H18ClFN2O2S. The van der Waals surface area contributed by atoms with Crippen LogP contribution >= 0.6 is 22.9 Å². The topological polar surface area (TPSA) is 40.6 Å². The second-order valence-electron chi connectivity index (χ2n) is 6.77. The molecule has 0 N–H and O–H groups in total. The van der Waals surface area contributed by atoms with E-state index in [1.165, 1.54) is 23.5 Å². The van der Waals surface area contributed by atoms with Crippen molar-refractivity contribution < 1.29 is 14.0 Å². The number of anilines is 1. The van der Waals surface area contributed by atoms with Crippen molar-refractivity contribution in [3.63, 3.8) is 0 Å². The molecule has 0 saturated carbocycles. The zero-order valence-corrected chi connectivity index (χ0v) is 16.8. The van der Waals surface area contributed by atoms with E-state index in [-0.39, 0.29) is 17.5 Å². The molecule has 0 bridgehead atoms. The van der Waals surface area contributed by atoms with E-state index in [2.05, 4.69) is 4.90 Å². The molecule has 2 aromatic carbocycles. The van der Waals surface area contributed by atoms with Gasteiger partial charge in [0.25, 0.3) is 5.91 Å². The van der Waals surface area contributed by atoms with Crippen LogP contribution in [0.15, 0.2) is 42.5 Å². The van der Waals surface area contributed by atoms with E-state index in [0.29, 0.717) is 51.7 Å². The Kier molecular flexibility index (Phi) is 5.08. The number of hydrogen-bond acceptors (Lipinski definition) is 4. The molecule has 0 aliphatic carbocycles. The zero-order chi connectivity index (χ0) is 19.8. The molecule has 0 spiro atoms. The number of nitrogens with zero attached hydrogens (tertiary/aromatic N) is 2. The summed E-state index contributed by atoms with van der Waals surface area (Å²) in [5.41, 5.74) is 1.72. The van der Waals surface area contributed by atoms with Crippen LogP contribution in [0.4, 0.5) is 10.1 Å². The molecule has 2 heterocycles. The van der Waals surface area contributed by atoms with Crippen LogP contribution in [0.5, 0.6) is 0 Å². The van der Waals surface area contributed by atoms with Gasteiger partial charge in [0.1, 0.15) is 10.7 Å². The molecule has 1 saturated heterocycles. The van der Waals surface area contributed by atoms with Crippen molar-refractivity contribution in [3.05, 3.63) is 63.7 Å². The van der Waals surface area contributed by atoms with E-state index in [0.717, 1.165) is 5.69 Å². The summed E-state index contributed by atoms with van der Waals surface area (Å²) < 4.78 is 14.1. The summed E-state index contributed by atoms with van der Waals surface area (Å²) in [4.78, 5) is 28.8. The summed E-state index contributed by atoms with van der Waals surface area (Å²) >= 11 is 7.62. The third-order valence-corrected chi connectivity index (χ3v) is 6.64. The molecule has 1 fully saturated rings.